The summed E-state index contributed by atoms with van der Waals surface area (Å²) in [4.78, 5) is 47.0. The summed E-state index contributed by atoms with van der Waals surface area (Å²) in [5.74, 6) is 0.0485. The van der Waals surface area contributed by atoms with Crippen molar-refractivity contribution in [2.75, 3.05) is 25.0 Å². The fourth-order valence-corrected chi connectivity index (χ4v) is 6.67. The molecule has 3 aliphatic heterocycles. The molecule has 2 saturated heterocycles. The minimum absolute atomic E-state index is 0.114. The number of thioether (sulfide) groups is 1. The number of hydrogen-bond donors (Lipinski definition) is 1. The lowest BCUT2D eigenvalue weighted by atomic mass is 10.1. The Balaban J connectivity index is 1.12. The summed E-state index contributed by atoms with van der Waals surface area (Å²) in [7, 11) is 0. The molecule has 2 fully saturated rings. The molecule has 0 saturated carbocycles. The Bertz CT molecular complexity index is 1680. The molecule has 3 aromatic rings. The molecule has 9 nitrogen and oxygen atoms in total. The standard InChI is InChI=1S/C34H31F3N4O5S/c35-34(36,37)24-12-16-26(17-13-24)39-32-41(20-27-8-5-19-45-27)31(43)29(47-32)23-10-14-25(15-11-23)38-30(42)28-9-4-18-40(28)33(44)46-21-22-6-2-1-3-7-22/h1-3,6-8,10-17,28-29H,4-5,9,18-21H2,(H,38,42)/t28-,29?/m0/s1. The number of nitrogens with one attached hydrogen (secondary N) is 1. The third-order valence-corrected chi connectivity index (χ3v) is 9.16. The van der Waals surface area contributed by atoms with Gasteiger partial charge in [-0.25, -0.2) is 9.79 Å². The zero-order valence-corrected chi connectivity index (χ0v) is 25.9. The monoisotopic (exact) mass is 664 g/mol. The summed E-state index contributed by atoms with van der Waals surface area (Å²) in [5, 5.41) is 2.54. The first-order valence-corrected chi connectivity index (χ1v) is 16.0. The van der Waals surface area contributed by atoms with E-state index in [9.17, 15) is 27.6 Å². The number of rotatable bonds is 8. The minimum Gasteiger partial charge on any atom is -0.496 e. The van der Waals surface area contributed by atoms with Crippen molar-refractivity contribution >= 4 is 46.2 Å². The summed E-state index contributed by atoms with van der Waals surface area (Å²) in [6.07, 6.45) is -1.21. The quantitative estimate of drug-likeness (QED) is 0.277. The van der Waals surface area contributed by atoms with Crippen LogP contribution in [0.2, 0.25) is 0 Å². The molecule has 1 unspecified atom stereocenters. The summed E-state index contributed by atoms with van der Waals surface area (Å²) >= 11 is 1.19. The molecular formula is C34H31F3N4O5S. The Morgan fingerprint density at radius 3 is 2.45 bits per heavy atom. The Kier molecular flexibility index (Phi) is 9.53. The Hall–Kier alpha value is -4.78. The highest BCUT2D eigenvalue weighted by Gasteiger charge is 2.40. The van der Waals surface area contributed by atoms with Gasteiger partial charge in [0, 0.05) is 18.7 Å². The van der Waals surface area contributed by atoms with Gasteiger partial charge in [0.15, 0.2) is 5.17 Å². The molecule has 0 aliphatic carbocycles. The van der Waals surface area contributed by atoms with E-state index in [4.69, 9.17) is 9.47 Å². The lowest BCUT2D eigenvalue weighted by Crippen LogP contribution is -2.43. The van der Waals surface area contributed by atoms with Crippen LogP contribution in [0.1, 0.15) is 41.2 Å². The number of amidine groups is 1. The maximum absolute atomic E-state index is 13.6. The fraction of sp³-hybridized carbons (Fsp3) is 0.294. The topological polar surface area (TPSA) is 101 Å². The number of benzene rings is 3. The van der Waals surface area contributed by atoms with E-state index in [1.165, 1.54) is 33.7 Å². The number of nitrogens with zero attached hydrogens (tertiary/aromatic N) is 3. The molecular weight excluding hydrogens is 633 g/mol. The average molecular weight is 665 g/mol. The molecule has 6 rings (SSSR count). The Labute approximate surface area is 273 Å². The largest absolute Gasteiger partial charge is 0.496 e. The fourth-order valence-electron chi connectivity index (χ4n) is 5.50. The molecule has 244 valence electrons. The number of amides is 3. The molecule has 3 aliphatic rings. The molecule has 3 amide bonds. The van der Waals surface area contributed by atoms with E-state index in [0.29, 0.717) is 48.2 Å². The number of alkyl halides is 3. The van der Waals surface area contributed by atoms with Gasteiger partial charge in [-0.2, -0.15) is 13.2 Å². The highest BCUT2D eigenvalue weighted by atomic mass is 32.2. The second kappa shape index (κ2) is 13.9. The van der Waals surface area contributed by atoms with Crippen molar-refractivity contribution in [3.05, 3.63) is 107 Å². The van der Waals surface area contributed by atoms with E-state index >= 15 is 0 Å². The zero-order valence-electron chi connectivity index (χ0n) is 25.1. The molecule has 1 N–H and O–H groups in total. The predicted molar refractivity (Wildman–Crippen MR) is 171 cm³/mol. The summed E-state index contributed by atoms with van der Waals surface area (Å²) in [5.41, 5.74) is 1.51. The van der Waals surface area contributed by atoms with Gasteiger partial charge >= 0.3 is 12.3 Å². The Morgan fingerprint density at radius 1 is 1.02 bits per heavy atom. The molecule has 0 bridgehead atoms. The van der Waals surface area contributed by atoms with Gasteiger partial charge in [-0.3, -0.25) is 19.4 Å². The molecule has 3 heterocycles. The predicted octanol–water partition coefficient (Wildman–Crippen LogP) is 7.05. The van der Waals surface area contributed by atoms with Crippen LogP contribution in [0.5, 0.6) is 0 Å². The molecule has 0 spiro atoms. The van der Waals surface area contributed by atoms with Crippen LogP contribution in [0.4, 0.5) is 29.3 Å². The van der Waals surface area contributed by atoms with E-state index in [1.54, 1.807) is 24.3 Å². The number of ether oxygens (including phenoxy) is 2. The van der Waals surface area contributed by atoms with Gasteiger partial charge in [0.25, 0.3) is 0 Å². The number of likely N-dealkylation sites (tertiary alicyclic amines) is 1. The highest BCUT2D eigenvalue weighted by Crippen LogP contribution is 2.41. The van der Waals surface area contributed by atoms with Gasteiger partial charge in [0.1, 0.15) is 23.7 Å². The first kappa shape index (κ1) is 32.2. The van der Waals surface area contributed by atoms with E-state index in [1.807, 2.05) is 36.4 Å². The first-order chi connectivity index (χ1) is 22.7. The van der Waals surface area contributed by atoms with E-state index in [-0.39, 0.29) is 30.7 Å². The van der Waals surface area contributed by atoms with Crippen molar-refractivity contribution in [2.45, 2.75) is 43.3 Å². The molecule has 13 heteroatoms. The van der Waals surface area contributed by atoms with E-state index in [2.05, 4.69) is 10.3 Å². The number of aliphatic imine (C=N–C) groups is 1. The molecule has 2 atom stereocenters. The van der Waals surface area contributed by atoms with E-state index in [0.717, 1.165) is 24.1 Å². The second-order valence-electron chi connectivity index (χ2n) is 11.2. The van der Waals surface area contributed by atoms with Crippen LogP contribution in [0.25, 0.3) is 0 Å². The average Bonchev–Trinajstić information content (AvgIpc) is 3.83. The minimum atomic E-state index is -4.47. The third-order valence-electron chi connectivity index (χ3n) is 7.93. The number of carbonyl (C=O) groups is 3. The van der Waals surface area contributed by atoms with Crippen molar-refractivity contribution in [3.8, 4) is 0 Å². The summed E-state index contributed by atoms with van der Waals surface area (Å²) in [6.45, 7) is 1.20. The van der Waals surface area contributed by atoms with Crippen molar-refractivity contribution in [3.63, 3.8) is 0 Å². The van der Waals surface area contributed by atoms with Gasteiger partial charge in [0.05, 0.1) is 24.4 Å². The molecule has 3 aromatic carbocycles. The third kappa shape index (κ3) is 7.62. The van der Waals surface area contributed by atoms with Crippen molar-refractivity contribution in [2.24, 2.45) is 4.99 Å². The van der Waals surface area contributed by atoms with E-state index < -0.39 is 29.1 Å². The summed E-state index contributed by atoms with van der Waals surface area (Å²) in [6, 6.07) is 19.9. The van der Waals surface area contributed by atoms with Gasteiger partial charge in [0.2, 0.25) is 11.8 Å². The summed E-state index contributed by atoms with van der Waals surface area (Å²) < 4.78 is 50.2. The van der Waals surface area contributed by atoms with Crippen molar-refractivity contribution in [1.29, 1.82) is 0 Å². The normalized spacial score (nSPS) is 20.4. The van der Waals surface area contributed by atoms with Crippen LogP contribution in [0.3, 0.4) is 0 Å². The number of carbonyl (C=O) groups excluding carboxylic acids is 3. The van der Waals surface area contributed by atoms with Gasteiger partial charge in [-0.15, -0.1) is 0 Å². The lowest BCUT2D eigenvalue weighted by molar-refractivity contribution is -0.137. The van der Waals surface area contributed by atoms with Crippen molar-refractivity contribution < 1.29 is 37.0 Å². The first-order valence-electron chi connectivity index (χ1n) is 15.1. The smallest absolute Gasteiger partial charge is 0.416 e. The van der Waals surface area contributed by atoms with Crippen LogP contribution in [0.15, 0.2) is 95.7 Å². The number of hydrogen-bond acceptors (Lipinski definition) is 7. The molecule has 47 heavy (non-hydrogen) atoms. The van der Waals surface area contributed by atoms with Gasteiger partial charge < -0.3 is 14.8 Å². The van der Waals surface area contributed by atoms with Crippen LogP contribution < -0.4 is 5.32 Å². The van der Waals surface area contributed by atoms with Crippen molar-refractivity contribution in [1.82, 2.24) is 9.80 Å². The van der Waals surface area contributed by atoms with Crippen LogP contribution >= 0.6 is 11.8 Å². The van der Waals surface area contributed by atoms with Gasteiger partial charge in [-0.05, 0) is 66.4 Å². The zero-order chi connectivity index (χ0) is 33.0. The number of anilines is 1. The van der Waals surface area contributed by atoms with Gasteiger partial charge in [-0.1, -0.05) is 54.2 Å². The maximum atomic E-state index is 13.6. The molecule has 0 aromatic heterocycles. The lowest BCUT2D eigenvalue weighted by Gasteiger charge is -2.23. The maximum Gasteiger partial charge on any atom is 0.416 e. The Morgan fingerprint density at radius 2 is 1.77 bits per heavy atom. The molecule has 0 radical (unpaired) electrons. The highest BCUT2D eigenvalue weighted by molar-refractivity contribution is 8.15. The van der Waals surface area contributed by atoms with Crippen LogP contribution in [-0.2, 0) is 31.8 Å². The SMILES string of the molecule is O=C(Nc1ccc(C2SC(=Nc3ccc(C(F)(F)F)cc3)N(CC3=CCCO3)C2=O)cc1)[C@@H]1CCCN1C(=O)OCc1ccccc1. The van der Waals surface area contributed by atoms with Crippen LogP contribution in [0, 0.1) is 0 Å². The van der Waals surface area contributed by atoms with Crippen LogP contribution in [-0.4, -0.2) is 58.6 Å². The second-order valence-corrected chi connectivity index (χ2v) is 12.2. The number of halogens is 3.